The van der Waals surface area contributed by atoms with Crippen molar-refractivity contribution in [1.29, 1.82) is 0 Å². The Morgan fingerprint density at radius 3 is 2.44 bits per heavy atom. The first kappa shape index (κ1) is 14.6. The van der Waals surface area contributed by atoms with Gasteiger partial charge >= 0.3 is 0 Å². The molecule has 0 amide bonds. The molecule has 0 heterocycles. The Labute approximate surface area is 109 Å². The number of carbonyl (C=O) groups excluding carboxylic acids is 1. The van der Waals surface area contributed by atoms with Crippen LogP contribution in [0.25, 0.3) is 0 Å². The maximum atomic E-state index is 11.5. The Morgan fingerprint density at radius 1 is 1.28 bits per heavy atom. The molecule has 0 aliphatic rings. The third-order valence-corrected chi connectivity index (χ3v) is 3.20. The van der Waals surface area contributed by atoms with Gasteiger partial charge in [-0.15, -0.1) is 0 Å². The molecule has 0 atom stereocenters. The molecule has 3 nitrogen and oxygen atoms in total. The number of hydrogen-bond donors (Lipinski definition) is 0. The predicted octanol–water partition coefficient (Wildman–Crippen LogP) is 3.71. The number of rotatable bonds is 7. The van der Waals surface area contributed by atoms with E-state index in [4.69, 9.17) is 9.47 Å². The molecule has 0 unspecified atom stereocenters. The normalized spacial score (nSPS) is 10.5. The summed E-state index contributed by atoms with van der Waals surface area (Å²) in [7, 11) is 1.60. The van der Waals surface area contributed by atoms with Gasteiger partial charge < -0.3 is 9.47 Å². The third kappa shape index (κ3) is 3.76. The molecule has 0 saturated carbocycles. The maximum absolute atomic E-state index is 11.5. The first-order valence-corrected chi connectivity index (χ1v) is 6.44. The van der Waals surface area contributed by atoms with E-state index in [-0.39, 0.29) is 5.78 Å². The lowest BCUT2D eigenvalue weighted by atomic mass is 10.1. The Balaban J connectivity index is 2.87. The molecule has 1 aromatic carbocycles. The molecule has 0 bridgehead atoms. The summed E-state index contributed by atoms with van der Waals surface area (Å²) in [4.78, 5) is 11.5. The molecule has 0 N–H and O–H groups in total. The number of benzene rings is 1. The van der Waals surface area contributed by atoms with Crippen LogP contribution in [0, 0.1) is 5.92 Å². The monoisotopic (exact) mass is 250 g/mol. The first-order valence-electron chi connectivity index (χ1n) is 6.44. The maximum Gasteiger partial charge on any atom is 0.163 e. The quantitative estimate of drug-likeness (QED) is 0.692. The van der Waals surface area contributed by atoms with Crippen LogP contribution in [0.4, 0.5) is 0 Å². The lowest BCUT2D eigenvalue weighted by Crippen LogP contribution is -2.12. The van der Waals surface area contributed by atoms with E-state index in [9.17, 15) is 4.79 Å². The molecule has 1 rings (SSSR count). The number of ketones is 1. The number of hydrogen-bond acceptors (Lipinski definition) is 3. The van der Waals surface area contributed by atoms with Crippen molar-refractivity contribution in [2.45, 2.75) is 33.6 Å². The summed E-state index contributed by atoms with van der Waals surface area (Å²) < 4.78 is 10.9. The minimum absolute atomic E-state index is 0.0113. The zero-order valence-electron chi connectivity index (χ0n) is 11.7. The van der Waals surface area contributed by atoms with Gasteiger partial charge in [0.1, 0.15) is 11.5 Å². The van der Waals surface area contributed by atoms with Gasteiger partial charge in [-0.3, -0.25) is 4.79 Å². The van der Waals surface area contributed by atoms with E-state index in [0.29, 0.717) is 29.6 Å². The number of Topliss-reactive ketones (excluding diaryl/α,β-unsaturated/α-hetero) is 1. The van der Waals surface area contributed by atoms with Crippen LogP contribution in [-0.4, -0.2) is 19.5 Å². The van der Waals surface area contributed by atoms with Crippen LogP contribution in [0.5, 0.6) is 11.5 Å². The van der Waals surface area contributed by atoms with E-state index in [1.165, 1.54) is 0 Å². The van der Waals surface area contributed by atoms with Gasteiger partial charge in [0.25, 0.3) is 0 Å². The zero-order valence-corrected chi connectivity index (χ0v) is 11.7. The predicted molar refractivity (Wildman–Crippen MR) is 72.6 cm³/mol. The molecule has 0 radical (unpaired) electrons. The highest BCUT2D eigenvalue weighted by Gasteiger charge is 2.12. The molecule has 1 aromatic rings. The van der Waals surface area contributed by atoms with E-state index >= 15 is 0 Å². The summed E-state index contributed by atoms with van der Waals surface area (Å²) >= 11 is 0. The summed E-state index contributed by atoms with van der Waals surface area (Å²) in [6.07, 6.45) is 2.16. The molecule has 0 aliphatic carbocycles. The number of carbonyl (C=O) groups is 1. The molecule has 0 fully saturated rings. The molecule has 0 saturated heterocycles. The fraction of sp³-hybridized carbons (Fsp3) is 0.533. The van der Waals surface area contributed by atoms with Crippen molar-refractivity contribution >= 4 is 5.78 Å². The van der Waals surface area contributed by atoms with Crippen molar-refractivity contribution in [3.05, 3.63) is 23.8 Å². The van der Waals surface area contributed by atoms with Gasteiger partial charge in [0.2, 0.25) is 0 Å². The first-order chi connectivity index (χ1) is 8.62. The van der Waals surface area contributed by atoms with E-state index < -0.39 is 0 Å². The zero-order chi connectivity index (χ0) is 13.5. The van der Waals surface area contributed by atoms with E-state index in [1.807, 2.05) is 0 Å². The minimum atomic E-state index is 0.0113. The van der Waals surface area contributed by atoms with Crippen LogP contribution in [0.1, 0.15) is 44.0 Å². The van der Waals surface area contributed by atoms with Gasteiger partial charge in [-0.25, -0.2) is 0 Å². The largest absolute Gasteiger partial charge is 0.497 e. The second-order valence-corrected chi connectivity index (χ2v) is 4.41. The standard InChI is InChI=1S/C15H22O3/c1-5-12(6-2)10-18-15-9-13(17-4)7-8-14(15)11(3)16/h7-9,12H,5-6,10H2,1-4H3. The fourth-order valence-electron chi connectivity index (χ4n) is 1.77. The fourth-order valence-corrected chi connectivity index (χ4v) is 1.77. The van der Waals surface area contributed by atoms with Gasteiger partial charge in [-0.05, 0) is 25.0 Å². The lowest BCUT2D eigenvalue weighted by molar-refractivity contribution is 0.101. The van der Waals surface area contributed by atoms with Crippen LogP contribution in [-0.2, 0) is 0 Å². The number of ether oxygens (including phenoxy) is 2. The summed E-state index contributed by atoms with van der Waals surface area (Å²) in [6.45, 7) is 6.48. The van der Waals surface area contributed by atoms with Crippen LogP contribution < -0.4 is 9.47 Å². The topological polar surface area (TPSA) is 35.5 Å². The summed E-state index contributed by atoms with van der Waals surface area (Å²) in [5.74, 6) is 1.86. The molecule has 100 valence electrons. The third-order valence-electron chi connectivity index (χ3n) is 3.20. The van der Waals surface area contributed by atoms with Crippen LogP contribution >= 0.6 is 0 Å². The SMILES string of the molecule is CCC(CC)COc1cc(OC)ccc1C(C)=O. The average molecular weight is 250 g/mol. The Hall–Kier alpha value is -1.51. The summed E-state index contributed by atoms with van der Waals surface area (Å²) in [5.41, 5.74) is 0.613. The highest BCUT2D eigenvalue weighted by atomic mass is 16.5. The van der Waals surface area contributed by atoms with Gasteiger partial charge in [0.05, 0.1) is 19.3 Å². The molecular weight excluding hydrogens is 228 g/mol. The molecule has 0 aliphatic heterocycles. The summed E-state index contributed by atoms with van der Waals surface area (Å²) in [6, 6.07) is 5.31. The van der Waals surface area contributed by atoms with Gasteiger partial charge in [-0.2, -0.15) is 0 Å². The highest BCUT2D eigenvalue weighted by molar-refractivity contribution is 5.97. The van der Waals surface area contributed by atoms with E-state index in [1.54, 1.807) is 32.2 Å². The molecule has 0 aromatic heterocycles. The molecular formula is C15H22O3. The van der Waals surface area contributed by atoms with E-state index in [0.717, 1.165) is 12.8 Å². The van der Waals surface area contributed by atoms with Crippen molar-refractivity contribution < 1.29 is 14.3 Å². The molecule has 0 spiro atoms. The van der Waals surface area contributed by atoms with Crippen LogP contribution in [0.3, 0.4) is 0 Å². The highest BCUT2D eigenvalue weighted by Crippen LogP contribution is 2.26. The van der Waals surface area contributed by atoms with E-state index in [2.05, 4.69) is 13.8 Å². The van der Waals surface area contributed by atoms with Crippen molar-refractivity contribution in [1.82, 2.24) is 0 Å². The van der Waals surface area contributed by atoms with Crippen molar-refractivity contribution in [3.8, 4) is 11.5 Å². The molecule has 3 heteroatoms. The van der Waals surface area contributed by atoms with Gasteiger partial charge in [-0.1, -0.05) is 26.7 Å². The Kier molecular flexibility index (Phi) is 5.69. The van der Waals surface area contributed by atoms with Crippen molar-refractivity contribution in [3.63, 3.8) is 0 Å². The summed E-state index contributed by atoms with van der Waals surface area (Å²) in [5, 5.41) is 0. The van der Waals surface area contributed by atoms with Crippen LogP contribution in [0.15, 0.2) is 18.2 Å². The average Bonchev–Trinajstić information content (AvgIpc) is 2.39. The lowest BCUT2D eigenvalue weighted by Gasteiger charge is -2.16. The second kappa shape index (κ2) is 7.04. The van der Waals surface area contributed by atoms with Crippen LogP contribution in [0.2, 0.25) is 0 Å². The van der Waals surface area contributed by atoms with Crippen molar-refractivity contribution in [2.75, 3.05) is 13.7 Å². The minimum Gasteiger partial charge on any atom is -0.497 e. The second-order valence-electron chi connectivity index (χ2n) is 4.41. The smallest absolute Gasteiger partial charge is 0.163 e. The number of methoxy groups -OCH3 is 1. The molecule has 18 heavy (non-hydrogen) atoms. The Bertz CT molecular complexity index is 395. The van der Waals surface area contributed by atoms with Gasteiger partial charge in [0, 0.05) is 6.07 Å². The van der Waals surface area contributed by atoms with Crippen molar-refractivity contribution in [2.24, 2.45) is 5.92 Å². The Morgan fingerprint density at radius 2 is 1.94 bits per heavy atom. The van der Waals surface area contributed by atoms with Gasteiger partial charge in [0.15, 0.2) is 5.78 Å².